The number of hydrogen-bond donors (Lipinski definition) is 0. The maximum Gasteiger partial charge on any atom is 2.00 e. The molecule has 0 fully saturated rings. The number of nitrogens with zero attached hydrogens (tertiary/aromatic N) is 2. The Hall–Kier alpha value is -1.99. The summed E-state index contributed by atoms with van der Waals surface area (Å²) < 4.78 is 1.43. The third kappa shape index (κ3) is 15.0. The number of benzene rings is 2. The van der Waals surface area contributed by atoms with Crippen molar-refractivity contribution in [2.24, 2.45) is 0 Å². The summed E-state index contributed by atoms with van der Waals surface area (Å²) in [6.45, 7) is 18.4. The molecule has 42 heavy (non-hydrogen) atoms. The first-order valence-electron chi connectivity index (χ1n) is 16.7. The second-order valence-electron chi connectivity index (χ2n) is 11.2. The second-order valence-corrected chi connectivity index (χ2v) is 11.2. The summed E-state index contributed by atoms with van der Waals surface area (Å²) >= 11 is 0. The van der Waals surface area contributed by atoms with Gasteiger partial charge in [0.25, 0.3) is 0 Å². The van der Waals surface area contributed by atoms with Gasteiger partial charge in [-0.2, -0.15) is 12.8 Å². The number of aryl methyl sites for hydroxylation is 2. The van der Waals surface area contributed by atoms with Crippen LogP contribution in [-0.4, -0.2) is 4.70 Å². The van der Waals surface area contributed by atoms with E-state index in [0.717, 1.165) is 73.9 Å². The van der Waals surface area contributed by atoms with Gasteiger partial charge in [0.15, 0.2) is 0 Å². The molecule has 0 aliphatic carbocycles. The molecular weight excluding hydrogens is 555 g/mol. The molecule has 3 rings (SSSR count). The molecule has 0 aromatic heterocycles. The summed E-state index contributed by atoms with van der Waals surface area (Å²) in [6.07, 6.45) is 21.2. The molecule has 0 amide bonds. The van der Waals surface area contributed by atoms with Crippen molar-refractivity contribution in [2.45, 2.75) is 137 Å². The average molecular weight is 616 g/mol. The molecule has 0 bridgehead atoms. The Balaban J connectivity index is 0.00000132. The van der Waals surface area contributed by atoms with E-state index in [9.17, 15) is 5.53 Å². The smallest absolute Gasteiger partial charge is 0.493 e. The normalized spacial score (nSPS) is 12.2. The van der Waals surface area contributed by atoms with E-state index >= 15 is 0 Å². The van der Waals surface area contributed by atoms with Gasteiger partial charge in [0, 0.05) is 22.8 Å². The summed E-state index contributed by atoms with van der Waals surface area (Å²) in [7, 11) is 0. The first-order valence-corrected chi connectivity index (χ1v) is 16.7. The molecule has 2 nitrogen and oxygen atoms in total. The minimum absolute atomic E-state index is 0. The fourth-order valence-corrected chi connectivity index (χ4v) is 4.88. The van der Waals surface area contributed by atoms with Crippen molar-refractivity contribution in [3.05, 3.63) is 102 Å². The van der Waals surface area contributed by atoms with Gasteiger partial charge in [-0.3, -0.25) is 0 Å². The molecule has 2 aromatic rings. The summed E-state index contributed by atoms with van der Waals surface area (Å²) in [5, 5.41) is 0. The largest absolute Gasteiger partial charge is 2.00 e. The Morgan fingerprint density at radius 3 is 1.74 bits per heavy atom. The zero-order chi connectivity index (χ0) is 30.3. The molecule has 0 saturated carbocycles. The molecule has 236 valence electrons. The fraction of sp³-hybridized carbons (Fsp3) is 0.538. The average Bonchev–Trinajstić information content (AvgIpc) is 3.32. The first kappa shape index (κ1) is 40.0. The minimum atomic E-state index is 0. The van der Waals surface area contributed by atoms with Gasteiger partial charge in [-0.1, -0.05) is 117 Å². The van der Waals surface area contributed by atoms with Gasteiger partial charge < -0.3 is 19.4 Å². The van der Waals surface area contributed by atoms with Crippen LogP contribution >= 0.6 is 0 Å². The predicted molar refractivity (Wildman–Crippen MR) is 183 cm³/mol. The van der Waals surface area contributed by atoms with Gasteiger partial charge in [-0.15, -0.1) is 0 Å². The summed E-state index contributed by atoms with van der Waals surface area (Å²) in [5.41, 5.74) is 19.2. The van der Waals surface area contributed by atoms with Crippen molar-refractivity contribution in [1.82, 2.24) is 0 Å². The van der Waals surface area contributed by atoms with E-state index in [1.165, 1.54) is 72.8 Å². The van der Waals surface area contributed by atoms with Crippen LogP contribution in [-0.2, 0) is 29.3 Å². The van der Waals surface area contributed by atoms with Gasteiger partial charge in [0.05, 0.1) is 0 Å². The van der Waals surface area contributed by atoms with E-state index in [4.69, 9.17) is 0 Å². The number of hydrogen-bond acceptors (Lipinski definition) is 0. The van der Waals surface area contributed by atoms with Crippen LogP contribution in [0, 0.1) is 13.8 Å². The summed E-state index contributed by atoms with van der Waals surface area (Å²) in [4.78, 5) is 0. The van der Waals surface area contributed by atoms with E-state index in [1.54, 1.807) is 0 Å². The van der Waals surface area contributed by atoms with Crippen molar-refractivity contribution in [2.75, 3.05) is 0 Å². The van der Waals surface area contributed by atoms with Crippen LogP contribution in [0.2, 0.25) is 0 Å². The van der Waals surface area contributed by atoms with E-state index < -0.39 is 0 Å². The molecule has 3 heteroatoms. The maximum atomic E-state index is 11.2. The molecular formula is C39H60N2Ni. The van der Waals surface area contributed by atoms with E-state index in [2.05, 4.69) is 103 Å². The quantitative estimate of drug-likeness (QED) is 0.0777. The van der Waals surface area contributed by atoms with Gasteiger partial charge in [0.2, 0.25) is 11.4 Å². The van der Waals surface area contributed by atoms with Crippen LogP contribution in [0.25, 0.3) is 16.9 Å². The topological polar surface area (TPSA) is 25.3 Å². The molecule has 0 saturated heterocycles. The molecule has 1 aliphatic rings. The van der Waals surface area contributed by atoms with Crippen LogP contribution in [0.1, 0.15) is 147 Å². The van der Waals surface area contributed by atoms with Crippen LogP contribution < -0.4 is 0 Å². The Bertz CT molecular complexity index is 1020. The van der Waals surface area contributed by atoms with Crippen molar-refractivity contribution in [3.8, 4) is 0 Å². The van der Waals surface area contributed by atoms with Crippen LogP contribution in [0.4, 0.5) is 0 Å². The molecule has 0 atom stereocenters. The SMILES string of the molecule is CCCCCCc1cccc(C2=CC(CCCC)=C(c3ccc(CCC)cc3)[N+]2=[N-])c1.[CH2-]CCCC.[CH2-]CCCC.[Ni+2]. The second kappa shape index (κ2) is 25.5. The van der Waals surface area contributed by atoms with Crippen molar-refractivity contribution >= 4 is 11.4 Å². The molecule has 1 aliphatic heterocycles. The number of allylic oxidation sites excluding steroid dienone is 2. The molecule has 1 heterocycles. The van der Waals surface area contributed by atoms with E-state index in [0.29, 0.717) is 0 Å². The third-order valence-corrected chi connectivity index (χ3v) is 7.37. The van der Waals surface area contributed by atoms with Crippen LogP contribution in [0.3, 0.4) is 0 Å². The van der Waals surface area contributed by atoms with Crippen molar-refractivity contribution in [1.29, 1.82) is 0 Å². The van der Waals surface area contributed by atoms with Gasteiger partial charge >= 0.3 is 16.5 Å². The standard InChI is InChI=1S/C29H38N2.2C5H11.Ni/c1-4-7-9-10-13-24-14-11-16-26(21-24)28-22-27(15-8-5-2)29(31(28)30)25-19-17-23(12-6-3)18-20-25;2*1-3-5-4-2;/h11,14,16-22H,4-10,12-13,15H2,1-3H3;2*1,3-5H2,2H3;/q;2*-1;+2. The zero-order valence-corrected chi connectivity index (χ0v) is 28.6. The first-order chi connectivity index (χ1) is 20.0. The Morgan fingerprint density at radius 1 is 0.595 bits per heavy atom. The number of unbranched alkanes of at least 4 members (excludes halogenated alkanes) is 8. The number of rotatable bonds is 16. The van der Waals surface area contributed by atoms with Crippen molar-refractivity contribution < 1.29 is 21.2 Å². The van der Waals surface area contributed by atoms with Crippen LogP contribution in [0.5, 0.6) is 0 Å². The van der Waals surface area contributed by atoms with E-state index in [-0.39, 0.29) is 16.5 Å². The Kier molecular flexibility index (Phi) is 24.3. The monoisotopic (exact) mass is 614 g/mol. The maximum absolute atomic E-state index is 11.2. The Labute approximate surface area is 270 Å². The minimum Gasteiger partial charge on any atom is -0.493 e. The summed E-state index contributed by atoms with van der Waals surface area (Å²) in [6, 6.07) is 17.4. The molecule has 0 unspecified atom stereocenters. The van der Waals surface area contributed by atoms with Gasteiger partial charge in [-0.25, -0.2) is 4.70 Å². The van der Waals surface area contributed by atoms with Gasteiger partial charge in [0.1, 0.15) is 0 Å². The summed E-state index contributed by atoms with van der Waals surface area (Å²) in [5.74, 6) is 0. The van der Waals surface area contributed by atoms with Crippen molar-refractivity contribution in [3.63, 3.8) is 0 Å². The molecule has 0 radical (unpaired) electrons. The Morgan fingerprint density at radius 2 is 1.21 bits per heavy atom. The fourth-order valence-electron chi connectivity index (χ4n) is 4.88. The third-order valence-electron chi connectivity index (χ3n) is 7.37. The van der Waals surface area contributed by atoms with E-state index in [1.807, 2.05) is 0 Å². The van der Waals surface area contributed by atoms with Gasteiger partial charge in [-0.05, 0) is 67.5 Å². The van der Waals surface area contributed by atoms with Crippen LogP contribution in [0.15, 0.2) is 60.2 Å². The predicted octanol–water partition coefficient (Wildman–Crippen LogP) is 12.8. The molecule has 0 N–H and O–H groups in total. The zero-order valence-electron chi connectivity index (χ0n) is 27.6. The molecule has 2 aromatic carbocycles. The molecule has 0 spiro atoms.